The first-order valence-electron chi connectivity index (χ1n) is 4.05. The Bertz CT molecular complexity index is 287. The Balaban J connectivity index is -0.0000000245. The van der Waals surface area contributed by atoms with Crippen LogP contribution in [0, 0.1) is 0 Å². The van der Waals surface area contributed by atoms with Gasteiger partial charge >= 0.3 is 174 Å². The summed E-state index contributed by atoms with van der Waals surface area (Å²) in [6.07, 6.45) is -0.954. The van der Waals surface area contributed by atoms with Gasteiger partial charge in [0.2, 0.25) is 0 Å². The molecule has 0 heterocycles. The molecule has 0 saturated heterocycles. The van der Waals surface area contributed by atoms with Crippen molar-refractivity contribution < 1.29 is 73.1 Å². The van der Waals surface area contributed by atoms with E-state index in [4.69, 9.17) is 73.1 Å². The average Bonchev–Trinajstić information content (AvgIpc) is 2.08. The van der Waals surface area contributed by atoms with Crippen molar-refractivity contribution in [3.8, 4) is 0 Å². The van der Waals surface area contributed by atoms with Crippen LogP contribution >= 0.6 is 23.5 Å². The van der Waals surface area contributed by atoms with Gasteiger partial charge in [-0.05, 0) is 0 Å². The van der Waals surface area contributed by atoms with Crippen molar-refractivity contribution in [2.24, 2.45) is 0 Å². The molecule has 22 heteroatoms. The molecule has 15 nitrogen and oxygen atoms in total. The van der Waals surface area contributed by atoms with Crippen LogP contribution < -0.4 is 0 Å². The molecule has 0 amide bonds. The van der Waals surface area contributed by atoms with Crippen LogP contribution in [0.4, 0.5) is 0 Å². The maximum atomic E-state index is 8.88. The molecular weight excluding hydrogens is 529 g/mol. The topological polar surface area (TPSA) is 294 Å². The van der Waals surface area contributed by atoms with Crippen molar-refractivity contribution in [3.63, 3.8) is 0 Å². The molecule has 0 aromatic carbocycles. The van der Waals surface area contributed by atoms with Crippen LogP contribution in [-0.2, 0) is 13.7 Å². The van der Waals surface area contributed by atoms with Crippen molar-refractivity contribution in [2.45, 2.75) is 6.10 Å². The zero-order chi connectivity index (χ0) is 18.5. The molecule has 0 spiro atoms. The van der Waals surface area contributed by atoms with Gasteiger partial charge in [-0.3, -0.25) is 0 Å². The molecule has 0 aromatic rings. The second kappa shape index (κ2) is 29.2. The van der Waals surface area contributed by atoms with E-state index in [1.165, 1.54) is 0 Å². The molecule has 0 saturated carbocycles. The molecule has 0 rings (SSSR count). The van der Waals surface area contributed by atoms with E-state index in [-0.39, 0.29) is 164 Å². The second-order valence-corrected chi connectivity index (χ2v) is 5.64. The fourth-order valence-corrected chi connectivity index (χ4v) is 0.0577. The predicted molar refractivity (Wildman–Crippen MR) is 97.1 cm³/mol. The van der Waals surface area contributed by atoms with E-state index in [0.29, 0.717) is 0 Å². The minimum absolute atomic E-state index is 0. The Morgan fingerprint density at radius 3 is 0.600 bits per heavy atom. The number of aliphatic hydroxyl groups is 3. The minimum atomic E-state index is -4.64. The van der Waals surface area contributed by atoms with Crippen LogP contribution in [0.2, 0.25) is 0 Å². The molecule has 0 radical (unpaired) electrons. The van der Waals surface area contributed by atoms with Gasteiger partial charge in [0.1, 0.15) is 6.10 Å². The second-order valence-electron chi connectivity index (χ2n) is 2.56. The van der Waals surface area contributed by atoms with Gasteiger partial charge in [-0.2, -0.15) is 0 Å². The van der Waals surface area contributed by atoms with E-state index >= 15 is 0 Å². The first-order chi connectivity index (χ1) is 8.81. The zero-order valence-electron chi connectivity index (χ0n) is 9.92. The fourth-order valence-electron chi connectivity index (χ4n) is 0.0577. The van der Waals surface area contributed by atoms with Crippen LogP contribution in [0.1, 0.15) is 0 Å². The molecule has 150 valence electrons. The summed E-state index contributed by atoms with van der Waals surface area (Å²) in [6, 6.07) is 0. The van der Waals surface area contributed by atoms with E-state index in [2.05, 4.69) is 0 Å². The van der Waals surface area contributed by atoms with E-state index in [9.17, 15) is 0 Å². The standard InChI is InChI=1S/C3H8O3.4Ca.3H3O4P.8H/c4-1-3(6)2-5;;;;;3*1-5(2,3)4;;;;;;;;/h3-6H,1-2H2;;;;;3*(H3,1,2,3,4);;;;;;;;. The molecule has 0 fully saturated rings. The molecule has 0 unspecified atom stereocenters. The van der Waals surface area contributed by atoms with Gasteiger partial charge < -0.3 is 59.4 Å². The van der Waals surface area contributed by atoms with Gasteiger partial charge in [0.15, 0.2) is 0 Å². The summed E-state index contributed by atoms with van der Waals surface area (Å²) in [5.41, 5.74) is 0. The van der Waals surface area contributed by atoms with Crippen LogP contribution in [0.5, 0.6) is 0 Å². The number of phosphoric acid groups is 3. The molecule has 0 aliphatic heterocycles. The Labute approximate surface area is 261 Å². The van der Waals surface area contributed by atoms with E-state index in [0.717, 1.165) is 0 Å². The van der Waals surface area contributed by atoms with Crippen LogP contribution in [0.3, 0.4) is 0 Å². The maximum absolute atomic E-state index is 8.88. The van der Waals surface area contributed by atoms with Crippen LogP contribution in [0.15, 0.2) is 0 Å². The van der Waals surface area contributed by atoms with Gasteiger partial charge in [-0.15, -0.1) is 0 Å². The molecule has 0 aliphatic rings. The normalized spacial score (nSPS) is 9.48. The Morgan fingerprint density at radius 1 is 0.520 bits per heavy atom. The molecule has 0 aromatic heterocycles. The summed E-state index contributed by atoms with van der Waals surface area (Å²) < 4.78 is 26.6. The predicted octanol–water partition coefficient (Wildman–Crippen LogP) is -8.12. The number of aliphatic hydroxyl groups excluding tert-OH is 3. The van der Waals surface area contributed by atoms with Gasteiger partial charge in [0, 0.05) is 0 Å². The van der Waals surface area contributed by atoms with Gasteiger partial charge in [-0.1, -0.05) is 0 Å². The number of rotatable bonds is 2. The quantitative estimate of drug-likeness (QED) is 0.111. The Kier molecular flexibility index (Phi) is 61.2. The van der Waals surface area contributed by atoms with Crippen molar-refractivity contribution in [3.05, 3.63) is 0 Å². The van der Waals surface area contributed by atoms with Crippen LogP contribution in [-0.4, -0.2) is 230 Å². The Morgan fingerprint density at radius 2 is 0.600 bits per heavy atom. The van der Waals surface area contributed by atoms with Gasteiger partial charge in [0.25, 0.3) is 0 Å². The summed E-state index contributed by atoms with van der Waals surface area (Å²) >= 11 is 0. The monoisotopic (exact) mass is 554 g/mol. The number of hydrogen-bond acceptors (Lipinski definition) is 6. The SMILES string of the molecule is O=P(O)(O)O.O=P(O)(O)O.O=P(O)(O)O.OCC(O)CO.[CaH2].[CaH2].[CaH2].[CaH2]. The van der Waals surface area contributed by atoms with Crippen molar-refractivity contribution >= 4 is 174 Å². The third-order valence-electron chi connectivity index (χ3n) is 0.421. The molecule has 12 N–H and O–H groups in total. The molecule has 0 atom stereocenters. The van der Waals surface area contributed by atoms with E-state index in [1.807, 2.05) is 0 Å². The van der Waals surface area contributed by atoms with Crippen molar-refractivity contribution in [2.75, 3.05) is 13.2 Å². The zero-order valence-corrected chi connectivity index (χ0v) is 12.6. The summed E-state index contributed by atoms with van der Waals surface area (Å²) in [7, 11) is -13.9. The van der Waals surface area contributed by atoms with E-state index in [1.54, 1.807) is 0 Å². The summed E-state index contributed by atoms with van der Waals surface area (Å²) in [5.74, 6) is 0. The summed E-state index contributed by atoms with van der Waals surface area (Å²) in [6.45, 7) is -0.729. The first kappa shape index (κ1) is 52.3. The third kappa shape index (κ3) is 254. The summed E-state index contributed by atoms with van der Waals surface area (Å²) in [4.78, 5) is 64.7. The molecular formula is C3H25Ca4O15P3. The van der Waals surface area contributed by atoms with Gasteiger partial charge in [-0.25, -0.2) is 13.7 Å². The van der Waals surface area contributed by atoms with E-state index < -0.39 is 29.6 Å². The fraction of sp³-hybridized carbons (Fsp3) is 1.00. The van der Waals surface area contributed by atoms with Crippen molar-refractivity contribution in [1.29, 1.82) is 0 Å². The third-order valence-corrected chi connectivity index (χ3v) is 0.421. The van der Waals surface area contributed by atoms with Crippen molar-refractivity contribution in [1.82, 2.24) is 0 Å². The number of hydrogen-bond donors (Lipinski definition) is 12. The Hall–Kier alpha value is 5.25. The van der Waals surface area contributed by atoms with Crippen LogP contribution in [0.25, 0.3) is 0 Å². The molecule has 0 aliphatic carbocycles. The van der Waals surface area contributed by atoms with Gasteiger partial charge in [0.05, 0.1) is 13.2 Å². The average molecular weight is 554 g/mol. The summed E-state index contributed by atoms with van der Waals surface area (Å²) in [5, 5.41) is 24.0. The first-order valence-corrected chi connectivity index (χ1v) is 8.75. The molecule has 0 bridgehead atoms. The molecule has 25 heavy (non-hydrogen) atoms.